The second-order valence-corrected chi connectivity index (χ2v) is 5.02. The van der Waals surface area contributed by atoms with Crippen LogP contribution in [-0.4, -0.2) is 35.6 Å². The predicted molar refractivity (Wildman–Crippen MR) is 74.3 cm³/mol. The minimum atomic E-state index is -1.24. The lowest BCUT2D eigenvalue weighted by Gasteiger charge is -2.40. The van der Waals surface area contributed by atoms with Crippen LogP contribution in [0.2, 0.25) is 0 Å². The van der Waals surface area contributed by atoms with E-state index in [2.05, 4.69) is 10.0 Å². The zero-order chi connectivity index (χ0) is 15.4. The van der Waals surface area contributed by atoms with Crippen LogP contribution < -0.4 is 0 Å². The van der Waals surface area contributed by atoms with Crippen molar-refractivity contribution >= 4 is 5.97 Å². The van der Waals surface area contributed by atoms with Crippen molar-refractivity contribution in [3.8, 4) is 0 Å². The second kappa shape index (κ2) is 6.58. The number of ether oxygens (including phenoxy) is 2. The summed E-state index contributed by atoms with van der Waals surface area (Å²) in [6.45, 7) is 3.46. The second-order valence-electron chi connectivity index (χ2n) is 5.02. The Morgan fingerprint density at radius 1 is 1.38 bits per heavy atom. The van der Waals surface area contributed by atoms with Crippen molar-refractivity contribution in [3.63, 3.8) is 0 Å². The van der Waals surface area contributed by atoms with Gasteiger partial charge < -0.3 is 14.6 Å². The first-order valence-corrected chi connectivity index (χ1v) is 6.68. The van der Waals surface area contributed by atoms with E-state index in [1.165, 1.54) is 0 Å². The van der Waals surface area contributed by atoms with E-state index in [1.807, 2.05) is 0 Å². The molecule has 0 amide bonds. The molecular formula is C14H17N3O4. The lowest BCUT2D eigenvalue weighted by molar-refractivity contribution is -0.233. The molecule has 1 aromatic rings. The molecule has 7 heteroatoms. The number of carbonyl (C=O) groups is 1. The average Bonchev–Trinajstić information content (AvgIpc) is 2.48. The third-order valence-electron chi connectivity index (χ3n) is 3.61. The molecule has 0 saturated carbocycles. The van der Waals surface area contributed by atoms with E-state index in [0.29, 0.717) is 5.56 Å². The quantitative estimate of drug-likeness (QED) is 0.399. The van der Waals surface area contributed by atoms with E-state index in [-0.39, 0.29) is 5.92 Å². The van der Waals surface area contributed by atoms with E-state index >= 15 is 0 Å². The third-order valence-corrected chi connectivity index (χ3v) is 3.61. The molecule has 1 fully saturated rings. The van der Waals surface area contributed by atoms with Crippen LogP contribution in [0.4, 0.5) is 0 Å². The summed E-state index contributed by atoms with van der Waals surface area (Å²) in [5.41, 5.74) is 8.98. The summed E-state index contributed by atoms with van der Waals surface area (Å²) in [4.78, 5) is 14.8. The molecule has 2 unspecified atom stereocenters. The Morgan fingerprint density at radius 3 is 2.67 bits per heavy atom. The number of nitrogens with zero attached hydrogens (tertiary/aromatic N) is 3. The van der Waals surface area contributed by atoms with Gasteiger partial charge in [-0.25, -0.2) is 4.79 Å². The van der Waals surface area contributed by atoms with Gasteiger partial charge in [0.15, 0.2) is 12.4 Å². The molecule has 112 valence electrons. The van der Waals surface area contributed by atoms with Gasteiger partial charge in [0, 0.05) is 10.8 Å². The summed E-state index contributed by atoms with van der Waals surface area (Å²) in [6.07, 6.45) is -2.57. The van der Waals surface area contributed by atoms with Crippen LogP contribution in [0.5, 0.6) is 0 Å². The molecule has 1 aromatic carbocycles. The van der Waals surface area contributed by atoms with Crippen molar-refractivity contribution in [1.82, 2.24) is 0 Å². The van der Waals surface area contributed by atoms with E-state index < -0.39 is 30.5 Å². The fourth-order valence-corrected chi connectivity index (χ4v) is 2.45. The molecule has 0 spiro atoms. The summed E-state index contributed by atoms with van der Waals surface area (Å²) in [6, 6.07) is 7.97. The number of aliphatic hydroxyl groups is 1. The zero-order valence-electron chi connectivity index (χ0n) is 11.8. The van der Waals surface area contributed by atoms with Gasteiger partial charge in [-0.05, 0) is 24.6 Å². The maximum absolute atomic E-state index is 12.1. The highest BCUT2D eigenvalue weighted by molar-refractivity contribution is 5.89. The van der Waals surface area contributed by atoms with Crippen molar-refractivity contribution in [1.29, 1.82) is 0 Å². The molecule has 7 nitrogen and oxygen atoms in total. The number of rotatable bonds is 3. The topological polar surface area (TPSA) is 105 Å². The normalized spacial score (nSPS) is 32.0. The first-order valence-electron chi connectivity index (χ1n) is 6.68. The Kier molecular flexibility index (Phi) is 4.80. The highest BCUT2D eigenvalue weighted by Gasteiger charge is 2.43. The highest BCUT2D eigenvalue weighted by atomic mass is 16.7. The molecule has 21 heavy (non-hydrogen) atoms. The molecule has 1 heterocycles. The van der Waals surface area contributed by atoms with Gasteiger partial charge in [-0.1, -0.05) is 30.2 Å². The van der Waals surface area contributed by atoms with Crippen molar-refractivity contribution in [2.45, 2.75) is 38.4 Å². The summed E-state index contributed by atoms with van der Waals surface area (Å²) in [5.74, 6) is -0.906. The van der Waals surface area contributed by atoms with E-state index in [4.69, 9.17) is 15.0 Å². The van der Waals surface area contributed by atoms with Gasteiger partial charge in [-0.2, -0.15) is 0 Å². The molecule has 1 aliphatic heterocycles. The van der Waals surface area contributed by atoms with Crippen molar-refractivity contribution in [3.05, 3.63) is 46.3 Å². The van der Waals surface area contributed by atoms with E-state index in [1.54, 1.807) is 44.2 Å². The number of hydrogen-bond acceptors (Lipinski definition) is 5. The van der Waals surface area contributed by atoms with Crippen LogP contribution in [0.3, 0.4) is 0 Å². The minimum absolute atomic E-state index is 0.354. The molecule has 0 aromatic heterocycles. The SMILES string of the molecule is CC1O[C@H](O)C(OC(=O)c2ccccc2)[C@@H](C)[C@@H]1N=[N+]=[N-]. The summed E-state index contributed by atoms with van der Waals surface area (Å²) < 4.78 is 10.6. The maximum Gasteiger partial charge on any atom is 0.338 e. The van der Waals surface area contributed by atoms with Crippen LogP contribution in [-0.2, 0) is 9.47 Å². The number of hydrogen-bond donors (Lipinski definition) is 1. The zero-order valence-corrected chi connectivity index (χ0v) is 11.8. The van der Waals surface area contributed by atoms with Gasteiger partial charge in [0.05, 0.1) is 17.7 Å². The smallest absolute Gasteiger partial charge is 0.338 e. The number of carbonyl (C=O) groups excluding carboxylic acids is 1. The Hall–Kier alpha value is -2.08. The largest absolute Gasteiger partial charge is 0.453 e. The van der Waals surface area contributed by atoms with Crippen molar-refractivity contribution in [2.75, 3.05) is 0 Å². The number of esters is 1. The molecule has 1 saturated heterocycles. The molecule has 0 bridgehead atoms. The van der Waals surface area contributed by atoms with E-state index in [9.17, 15) is 9.90 Å². The summed E-state index contributed by atoms with van der Waals surface area (Å²) in [7, 11) is 0. The Morgan fingerprint density at radius 2 is 2.05 bits per heavy atom. The summed E-state index contributed by atoms with van der Waals surface area (Å²) in [5, 5.41) is 13.6. The third kappa shape index (κ3) is 3.33. The van der Waals surface area contributed by atoms with Crippen LogP contribution in [0.1, 0.15) is 24.2 Å². The molecule has 2 rings (SSSR count). The molecule has 1 aliphatic rings. The van der Waals surface area contributed by atoms with Crippen LogP contribution in [0.15, 0.2) is 35.4 Å². The van der Waals surface area contributed by atoms with E-state index in [0.717, 1.165) is 0 Å². The van der Waals surface area contributed by atoms with Gasteiger partial charge in [-0.15, -0.1) is 0 Å². The van der Waals surface area contributed by atoms with Crippen molar-refractivity contribution in [2.24, 2.45) is 11.0 Å². The van der Waals surface area contributed by atoms with Crippen LogP contribution in [0.25, 0.3) is 10.4 Å². The highest BCUT2D eigenvalue weighted by Crippen LogP contribution is 2.30. The fraction of sp³-hybridized carbons (Fsp3) is 0.500. The minimum Gasteiger partial charge on any atom is -0.453 e. The van der Waals surface area contributed by atoms with Gasteiger partial charge in [0.25, 0.3) is 0 Å². The average molecular weight is 291 g/mol. The Bertz CT molecular complexity index is 544. The molecular weight excluding hydrogens is 274 g/mol. The van der Waals surface area contributed by atoms with Crippen molar-refractivity contribution < 1.29 is 19.4 Å². The van der Waals surface area contributed by atoms with Gasteiger partial charge in [0.2, 0.25) is 0 Å². The maximum atomic E-state index is 12.1. The first-order chi connectivity index (χ1) is 10.0. The van der Waals surface area contributed by atoms with Crippen LogP contribution in [0, 0.1) is 5.92 Å². The lowest BCUT2D eigenvalue weighted by Crippen LogP contribution is -2.52. The first kappa shape index (κ1) is 15.3. The standard InChI is InChI=1S/C14H17N3O4/c1-8-11(16-17-15)9(2)20-14(19)12(8)21-13(18)10-6-4-3-5-7-10/h3-9,11-12,14,19H,1-2H3/t8-,9?,11-,12?,14-/m0/s1. The number of azide groups is 1. The molecule has 0 aliphatic carbocycles. The number of benzene rings is 1. The molecule has 5 atom stereocenters. The fourth-order valence-electron chi connectivity index (χ4n) is 2.45. The lowest BCUT2D eigenvalue weighted by atomic mass is 9.89. The molecule has 1 N–H and O–H groups in total. The Balaban J connectivity index is 2.14. The van der Waals surface area contributed by atoms with Gasteiger partial charge in [0.1, 0.15) is 0 Å². The Labute approximate surface area is 122 Å². The van der Waals surface area contributed by atoms with Gasteiger partial charge in [-0.3, -0.25) is 0 Å². The number of aliphatic hydroxyl groups excluding tert-OH is 1. The molecule has 0 radical (unpaired) electrons. The summed E-state index contributed by atoms with van der Waals surface area (Å²) >= 11 is 0. The predicted octanol–water partition coefficient (Wildman–Crippen LogP) is 2.26. The van der Waals surface area contributed by atoms with Crippen LogP contribution >= 0.6 is 0 Å². The monoisotopic (exact) mass is 291 g/mol. The van der Waals surface area contributed by atoms with Gasteiger partial charge >= 0.3 is 5.97 Å².